The van der Waals surface area contributed by atoms with Crippen molar-refractivity contribution in [2.75, 3.05) is 7.05 Å². The van der Waals surface area contributed by atoms with E-state index in [9.17, 15) is 14.7 Å². The maximum Gasteiger partial charge on any atom is 0.271 e. The Morgan fingerprint density at radius 3 is 2.59 bits per heavy atom. The Bertz CT molecular complexity index is 803. The molecule has 7 nitrogen and oxygen atoms in total. The first kappa shape index (κ1) is 19.0. The van der Waals surface area contributed by atoms with Gasteiger partial charge in [-0.2, -0.15) is 0 Å². The summed E-state index contributed by atoms with van der Waals surface area (Å²) in [5.74, 6) is -0.357. The van der Waals surface area contributed by atoms with Crippen LogP contribution in [0, 0.1) is 0 Å². The second kappa shape index (κ2) is 8.26. The Balaban J connectivity index is 1.78. The van der Waals surface area contributed by atoms with Crippen LogP contribution in [0.4, 0.5) is 0 Å². The number of carbonyl (C=O) groups excluding carboxylic acids is 2. The highest BCUT2D eigenvalue weighted by molar-refractivity contribution is 5.99. The molecule has 1 heterocycles. The molecule has 1 aliphatic rings. The Hall–Kier alpha value is -2.80. The minimum atomic E-state index is -0.369. The summed E-state index contributed by atoms with van der Waals surface area (Å²) in [7, 11) is 1.52. The predicted octanol–water partition coefficient (Wildman–Crippen LogP) is 2.16. The van der Waals surface area contributed by atoms with Gasteiger partial charge in [0.05, 0.1) is 6.10 Å². The van der Waals surface area contributed by atoms with Crippen molar-refractivity contribution in [2.24, 2.45) is 0 Å². The number of ether oxygens (including phenoxy) is 1. The minimum Gasteiger partial charge on any atom is -0.484 e. The van der Waals surface area contributed by atoms with E-state index in [4.69, 9.17) is 4.74 Å². The summed E-state index contributed by atoms with van der Waals surface area (Å²) in [6, 6.07) is 11.1. The number of carbonyl (C=O) groups is 2. The molecular formula is C20H25N3O4. The number of rotatable bonds is 6. The summed E-state index contributed by atoms with van der Waals surface area (Å²) < 4.78 is 5.96. The molecule has 1 aromatic heterocycles. The zero-order valence-electron chi connectivity index (χ0n) is 15.5. The molecule has 1 fully saturated rings. The SMILES string of the molecule is CNC(=O)c1[nH]c(C(=O)N[C@H]2CCC(O)C2)cc1O[C@@H](C)c1ccccc1. The van der Waals surface area contributed by atoms with Crippen LogP contribution in [0.1, 0.15) is 58.8 Å². The summed E-state index contributed by atoms with van der Waals surface area (Å²) in [6.07, 6.45) is 1.31. The summed E-state index contributed by atoms with van der Waals surface area (Å²) in [5.41, 5.74) is 1.43. The van der Waals surface area contributed by atoms with Crippen molar-refractivity contribution < 1.29 is 19.4 Å². The number of aliphatic hydroxyl groups excluding tert-OH is 1. The molecule has 2 amide bonds. The third kappa shape index (κ3) is 4.49. The van der Waals surface area contributed by atoms with E-state index in [-0.39, 0.29) is 41.5 Å². The normalized spacial score (nSPS) is 20.1. The molecule has 3 rings (SSSR count). The first-order valence-corrected chi connectivity index (χ1v) is 9.13. The second-order valence-corrected chi connectivity index (χ2v) is 6.81. The minimum absolute atomic E-state index is 0.0631. The van der Waals surface area contributed by atoms with E-state index in [2.05, 4.69) is 15.6 Å². The number of aromatic amines is 1. The fraction of sp³-hybridized carbons (Fsp3) is 0.400. The van der Waals surface area contributed by atoms with Gasteiger partial charge in [-0.3, -0.25) is 9.59 Å². The third-order valence-electron chi connectivity index (χ3n) is 4.79. The molecule has 3 atom stereocenters. The number of hydrogen-bond donors (Lipinski definition) is 4. The summed E-state index contributed by atoms with van der Waals surface area (Å²) in [4.78, 5) is 27.6. The maximum atomic E-state index is 12.5. The molecule has 27 heavy (non-hydrogen) atoms. The van der Waals surface area contributed by atoms with Gasteiger partial charge in [-0.1, -0.05) is 30.3 Å². The van der Waals surface area contributed by atoms with E-state index in [0.717, 1.165) is 12.0 Å². The topological polar surface area (TPSA) is 103 Å². The first-order chi connectivity index (χ1) is 13.0. The number of benzene rings is 1. The lowest BCUT2D eigenvalue weighted by molar-refractivity contribution is 0.0929. The number of hydrogen-bond acceptors (Lipinski definition) is 4. The molecule has 0 bridgehead atoms. The predicted molar refractivity (Wildman–Crippen MR) is 101 cm³/mol. The Morgan fingerprint density at radius 1 is 1.22 bits per heavy atom. The van der Waals surface area contributed by atoms with E-state index in [1.165, 1.54) is 7.05 Å². The molecule has 0 radical (unpaired) electrons. The van der Waals surface area contributed by atoms with Crippen LogP contribution in [0.5, 0.6) is 5.75 Å². The molecule has 7 heteroatoms. The van der Waals surface area contributed by atoms with Crippen LogP contribution in [0.15, 0.2) is 36.4 Å². The molecule has 0 saturated heterocycles. The first-order valence-electron chi connectivity index (χ1n) is 9.13. The molecule has 144 valence electrons. The molecule has 4 N–H and O–H groups in total. The largest absolute Gasteiger partial charge is 0.484 e. The molecular weight excluding hydrogens is 346 g/mol. The van der Waals surface area contributed by atoms with Crippen LogP contribution >= 0.6 is 0 Å². The van der Waals surface area contributed by atoms with Crippen molar-refractivity contribution in [3.05, 3.63) is 53.3 Å². The monoisotopic (exact) mass is 371 g/mol. The van der Waals surface area contributed by atoms with Gasteiger partial charge in [-0.15, -0.1) is 0 Å². The van der Waals surface area contributed by atoms with Crippen LogP contribution in [0.3, 0.4) is 0 Å². The van der Waals surface area contributed by atoms with Crippen molar-refractivity contribution in [3.63, 3.8) is 0 Å². The van der Waals surface area contributed by atoms with Crippen LogP contribution in [-0.4, -0.2) is 41.1 Å². The van der Waals surface area contributed by atoms with Crippen molar-refractivity contribution >= 4 is 11.8 Å². The number of aliphatic hydroxyl groups is 1. The van der Waals surface area contributed by atoms with Crippen LogP contribution < -0.4 is 15.4 Å². The van der Waals surface area contributed by atoms with Crippen molar-refractivity contribution in [1.29, 1.82) is 0 Å². The lowest BCUT2D eigenvalue weighted by Crippen LogP contribution is -2.33. The fourth-order valence-corrected chi connectivity index (χ4v) is 3.28. The number of aromatic nitrogens is 1. The number of nitrogens with one attached hydrogen (secondary N) is 3. The Morgan fingerprint density at radius 2 is 1.96 bits per heavy atom. The molecule has 1 saturated carbocycles. The standard InChI is InChI=1S/C20H25N3O4/c1-12(13-6-4-3-5-7-13)27-17-11-16(23-18(17)20(26)21-2)19(25)22-14-8-9-15(24)10-14/h3-7,11-12,14-15,23-24H,8-10H2,1-2H3,(H,21,26)(H,22,25)/t12-,14-,15?/m0/s1. The van der Waals surface area contributed by atoms with Gasteiger partial charge in [-0.05, 0) is 31.7 Å². The summed E-state index contributed by atoms with van der Waals surface area (Å²) in [6.45, 7) is 1.88. The lowest BCUT2D eigenvalue weighted by atomic mass is 10.1. The highest BCUT2D eigenvalue weighted by atomic mass is 16.5. The van der Waals surface area contributed by atoms with Crippen LogP contribution in [-0.2, 0) is 0 Å². The fourth-order valence-electron chi connectivity index (χ4n) is 3.28. The van der Waals surface area contributed by atoms with Crippen molar-refractivity contribution in [3.8, 4) is 5.75 Å². The van der Waals surface area contributed by atoms with Crippen LogP contribution in [0.25, 0.3) is 0 Å². The maximum absolute atomic E-state index is 12.5. The smallest absolute Gasteiger partial charge is 0.271 e. The van der Waals surface area contributed by atoms with Crippen molar-refractivity contribution in [1.82, 2.24) is 15.6 Å². The van der Waals surface area contributed by atoms with E-state index in [0.29, 0.717) is 18.6 Å². The second-order valence-electron chi connectivity index (χ2n) is 6.81. The summed E-state index contributed by atoms with van der Waals surface area (Å²) >= 11 is 0. The van der Waals surface area contributed by atoms with Gasteiger partial charge in [0.15, 0.2) is 5.75 Å². The van der Waals surface area contributed by atoms with Gasteiger partial charge in [0.25, 0.3) is 11.8 Å². The van der Waals surface area contributed by atoms with E-state index in [1.807, 2.05) is 37.3 Å². The van der Waals surface area contributed by atoms with Gasteiger partial charge in [0.2, 0.25) is 0 Å². The zero-order chi connectivity index (χ0) is 19.4. The van der Waals surface area contributed by atoms with E-state index in [1.54, 1.807) is 6.07 Å². The molecule has 1 aliphatic carbocycles. The van der Waals surface area contributed by atoms with Gasteiger partial charge < -0.3 is 25.5 Å². The highest BCUT2D eigenvalue weighted by Gasteiger charge is 2.26. The highest BCUT2D eigenvalue weighted by Crippen LogP contribution is 2.27. The van der Waals surface area contributed by atoms with E-state index < -0.39 is 0 Å². The zero-order valence-corrected chi connectivity index (χ0v) is 15.5. The quantitative estimate of drug-likeness (QED) is 0.625. The summed E-state index contributed by atoms with van der Waals surface area (Å²) in [5, 5.41) is 15.1. The average Bonchev–Trinajstić information content (AvgIpc) is 3.28. The Labute approximate surface area is 158 Å². The van der Waals surface area contributed by atoms with Crippen LogP contribution in [0.2, 0.25) is 0 Å². The molecule has 1 unspecified atom stereocenters. The molecule has 2 aromatic rings. The molecule has 1 aromatic carbocycles. The van der Waals surface area contributed by atoms with Crippen molar-refractivity contribution in [2.45, 2.75) is 44.4 Å². The molecule has 0 spiro atoms. The van der Waals surface area contributed by atoms with Gasteiger partial charge in [-0.25, -0.2) is 0 Å². The van der Waals surface area contributed by atoms with Gasteiger partial charge in [0, 0.05) is 19.2 Å². The molecule has 0 aliphatic heterocycles. The third-order valence-corrected chi connectivity index (χ3v) is 4.79. The number of amides is 2. The van der Waals surface area contributed by atoms with Gasteiger partial charge in [0.1, 0.15) is 17.5 Å². The average molecular weight is 371 g/mol. The van der Waals surface area contributed by atoms with E-state index >= 15 is 0 Å². The number of H-pyrrole nitrogens is 1. The van der Waals surface area contributed by atoms with Gasteiger partial charge >= 0.3 is 0 Å². The lowest BCUT2D eigenvalue weighted by Gasteiger charge is -2.15. The Kier molecular flexibility index (Phi) is 5.81.